The number of nitrogens with zero attached hydrogens (tertiary/aromatic N) is 5. The van der Waals surface area contributed by atoms with Crippen molar-refractivity contribution in [3.8, 4) is 11.4 Å². The van der Waals surface area contributed by atoms with Gasteiger partial charge in [-0.05, 0) is 48.9 Å². The zero-order chi connectivity index (χ0) is 26.3. The van der Waals surface area contributed by atoms with Crippen molar-refractivity contribution in [3.05, 3.63) is 53.6 Å². The van der Waals surface area contributed by atoms with Crippen LogP contribution in [-0.2, 0) is 20.8 Å². The molecule has 3 aromatic rings. The maximum Gasteiger partial charge on any atom is 0.338 e. The summed E-state index contributed by atoms with van der Waals surface area (Å²) in [5.74, 6) is 1.55. The number of esters is 1. The first-order chi connectivity index (χ1) is 19.1. The summed E-state index contributed by atoms with van der Waals surface area (Å²) in [5.41, 5.74) is 3.30. The Hall–Kier alpha value is -4.29. The number of urea groups is 1. The Bertz CT molecular complexity index is 1430. The van der Waals surface area contributed by atoms with Gasteiger partial charge in [0.2, 0.25) is 11.9 Å². The van der Waals surface area contributed by atoms with E-state index in [0.717, 1.165) is 37.2 Å². The summed E-state index contributed by atoms with van der Waals surface area (Å²) in [5, 5.41) is 5.63. The van der Waals surface area contributed by atoms with E-state index in [9.17, 15) is 9.59 Å². The van der Waals surface area contributed by atoms with Crippen molar-refractivity contribution >= 4 is 35.3 Å². The minimum atomic E-state index is -0.392. The average molecular weight is 530 g/mol. The number of rotatable bonds is 5. The number of cyclic esters (lactones) is 1. The van der Waals surface area contributed by atoms with E-state index in [1.54, 1.807) is 18.2 Å². The van der Waals surface area contributed by atoms with E-state index in [4.69, 9.17) is 29.2 Å². The summed E-state index contributed by atoms with van der Waals surface area (Å²) < 4.78 is 16.3. The molecule has 0 saturated carbocycles. The number of fused-ring (bicyclic) bond motifs is 3. The highest BCUT2D eigenvalue weighted by Gasteiger charge is 2.40. The van der Waals surface area contributed by atoms with Crippen LogP contribution in [0.4, 0.5) is 28.1 Å². The molecule has 39 heavy (non-hydrogen) atoms. The molecule has 12 nitrogen and oxygen atoms in total. The van der Waals surface area contributed by atoms with E-state index >= 15 is 0 Å². The Labute approximate surface area is 224 Å². The molecule has 12 heteroatoms. The molecule has 3 fully saturated rings. The van der Waals surface area contributed by atoms with Crippen LogP contribution in [0.5, 0.6) is 0 Å². The Kier molecular flexibility index (Phi) is 5.97. The largest absolute Gasteiger partial charge is 0.457 e. The second-order valence-electron chi connectivity index (χ2n) is 9.96. The second-order valence-corrected chi connectivity index (χ2v) is 9.96. The molecule has 1 aromatic heterocycles. The van der Waals surface area contributed by atoms with Crippen molar-refractivity contribution in [1.29, 1.82) is 0 Å². The molecular formula is C27H27N7O5. The number of carbonyl (C=O) groups is 2. The SMILES string of the molecule is O=C(Nc1ccc(-c2nc(N3CCOCC3)nc(N3C[C@H]4C[C@@H]3CO4)n2)cc1)Nc1ccc2c(c1)COC2=O. The molecule has 0 unspecified atom stereocenters. The lowest BCUT2D eigenvalue weighted by molar-refractivity contribution is 0.0535. The number of hydrogen-bond donors (Lipinski definition) is 2. The molecule has 2 N–H and O–H groups in total. The minimum absolute atomic E-state index is 0.214. The number of morpholine rings is 2. The average Bonchev–Trinajstić information content (AvgIpc) is 3.70. The van der Waals surface area contributed by atoms with Crippen LogP contribution >= 0.6 is 0 Å². The van der Waals surface area contributed by atoms with Gasteiger partial charge in [0.25, 0.3) is 0 Å². The standard InChI is InChI=1S/C27H27N7O5/c35-24-22-6-5-19(11-17(22)14-39-24)29-27(36)28-18-3-1-16(2-4-18)23-30-25(33-7-9-37-10-8-33)32-26(31-23)34-13-21-12-20(34)15-38-21/h1-6,11,20-21H,7-10,12-15H2,(H2,28,29,36)/t20-,21-/m1/s1. The Balaban J connectivity index is 1.09. The van der Waals surface area contributed by atoms with Crippen LogP contribution in [0, 0.1) is 0 Å². The topological polar surface area (TPSA) is 131 Å². The van der Waals surface area contributed by atoms with Crippen LogP contribution in [-0.4, -0.2) is 78.6 Å². The number of hydrogen-bond acceptors (Lipinski definition) is 10. The highest BCUT2D eigenvalue weighted by atomic mass is 16.5. The first-order valence-electron chi connectivity index (χ1n) is 13.0. The van der Waals surface area contributed by atoms with Crippen LogP contribution in [0.3, 0.4) is 0 Å². The van der Waals surface area contributed by atoms with Gasteiger partial charge in [-0.1, -0.05) is 0 Å². The quantitative estimate of drug-likeness (QED) is 0.476. The monoisotopic (exact) mass is 529 g/mol. The molecule has 4 aliphatic rings. The van der Waals surface area contributed by atoms with Gasteiger partial charge >= 0.3 is 12.0 Å². The van der Waals surface area contributed by atoms with Gasteiger partial charge < -0.3 is 34.6 Å². The van der Waals surface area contributed by atoms with Crippen LogP contribution in [0.2, 0.25) is 0 Å². The number of benzene rings is 2. The van der Waals surface area contributed by atoms with Crippen molar-refractivity contribution in [2.75, 3.05) is 59.9 Å². The summed E-state index contributed by atoms with van der Waals surface area (Å²) in [4.78, 5) is 43.0. The lowest BCUT2D eigenvalue weighted by Crippen LogP contribution is -2.40. The van der Waals surface area contributed by atoms with Gasteiger partial charge in [0, 0.05) is 42.1 Å². The summed E-state index contributed by atoms with van der Waals surface area (Å²) in [6, 6.07) is 12.4. The molecule has 4 aliphatic heterocycles. The summed E-state index contributed by atoms with van der Waals surface area (Å²) in [6.07, 6.45) is 1.22. The zero-order valence-corrected chi connectivity index (χ0v) is 21.1. The van der Waals surface area contributed by atoms with E-state index in [1.165, 1.54) is 0 Å². The fourth-order valence-electron chi connectivity index (χ4n) is 5.37. The maximum atomic E-state index is 12.6. The van der Waals surface area contributed by atoms with Crippen molar-refractivity contribution in [2.24, 2.45) is 0 Å². The highest BCUT2D eigenvalue weighted by Crippen LogP contribution is 2.32. The summed E-state index contributed by atoms with van der Waals surface area (Å²) in [7, 11) is 0. The van der Waals surface area contributed by atoms with Gasteiger partial charge in [-0.2, -0.15) is 15.0 Å². The maximum absolute atomic E-state index is 12.6. The van der Waals surface area contributed by atoms with E-state index < -0.39 is 6.03 Å². The lowest BCUT2D eigenvalue weighted by atomic mass is 10.1. The molecular weight excluding hydrogens is 502 g/mol. The number of amides is 2. The molecule has 2 aromatic carbocycles. The first-order valence-corrected chi connectivity index (χ1v) is 13.0. The Morgan fingerprint density at radius 3 is 2.49 bits per heavy atom. The van der Waals surface area contributed by atoms with E-state index in [1.807, 2.05) is 24.3 Å². The molecule has 200 valence electrons. The molecule has 0 aliphatic carbocycles. The van der Waals surface area contributed by atoms with Crippen molar-refractivity contribution in [2.45, 2.75) is 25.2 Å². The Morgan fingerprint density at radius 2 is 1.72 bits per heavy atom. The van der Waals surface area contributed by atoms with E-state index in [0.29, 0.717) is 54.5 Å². The van der Waals surface area contributed by atoms with Crippen molar-refractivity contribution in [3.63, 3.8) is 0 Å². The smallest absolute Gasteiger partial charge is 0.338 e. The third kappa shape index (κ3) is 4.72. The third-order valence-electron chi connectivity index (χ3n) is 7.41. The molecule has 2 atom stereocenters. The van der Waals surface area contributed by atoms with Crippen molar-refractivity contribution < 1.29 is 23.8 Å². The summed E-state index contributed by atoms with van der Waals surface area (Å²) >= 11 is 0. The van der Waals surface area contributed by atoms with Crippen LogP contribution in [0.25, 0.3) is 11.4 Å². The molecule has 5 heterocycles. The van der Waals surface area contributed by atoms with Gasteiger partial charge in [0.05, 0.1) is 37.5 Å². The van der Waals surface area contributed by atoms with Crippen LogP contribution in [0.1, 0.15) is 22.3 Å². The Morgan fingerprint density at radius 1 is 0.949 bits per heavy atom. The fraction of sp³-hybridized carbons (Fsp3) is 0.370. The number of anilines is 4. The van der Waals surface area contributed by atoms with Gasteiger partial charge in [-0.25, -0.2) is 9.59 Å². The fourth-order valence-corrected chi connectivity index (χ4v) is 5.37. The van der Waals surface area contributed by atoms with Gasteiger partial charge in [0.15, 0.2) is 5.82 Å². The highest BCUT2D eigenvalue weighted by molar-refractivity contribution is 6.01. The van der Waals surface area contributed by atoms with E-state index in [-0.39, 0.29) is 24.7 Å². The zero-order valence-electron chi connectivity index (χ0n) is 21.1. The number of nitrogens with one attached hydrogen (secondary N) is 2. The molecule has 0 radical (unpaired) electrons. The number of ether oxygens (including phenoxy) is 3. The van der Waals surface area contributed by atoms with Gasteiger partial charge in [-0.3, -0.25) is 0 Å². The predicted molar refractivity (Wildman–Crippen MR) is 142 cm³/mol. The second kappa shape index (κ2) is 9.79. The number of aromatic nitrogens is 3. The number of carbonyl (C=O) groups excluding carboxylic acids is 2. The predicted octanol–water partition coefficient (Wildman–Crippen LogP) is 2.67. The molecule has 2 amide bonds. The molecule has 2 bridgehead atoms. The summed E-state index contributed by atoms with van der Waals surface area (Å²) in [6.45, 7) is 4.41. The van der Waals surface area contributed by atoms with E-state index in [2.05, 4.69) is 20.4 Å². The van der Waals surface area contributed by atoms with Crippen molar-refractivity contribution in [1.82, 2.24) is 15.0 Å². The van der Waals surface area contributed by atoms with Crippen LogP contribution in [0.15, 0.2) is 42.5 Å². The van der Waals surface area contributed by atoms with Crippen LogP contribution < -0.4 is 20.4 Å². The molecule has 3 saturated heterocycles. The molecule has 7 rings (SSSR count). The normalized spacial score (nSPS) is 21.6. The first kappa shape index (κ1) is 23.8. The third-order valence-corrected chi connectivity index (χ3v) is 7.41. The van der Waals surface area contributed by atoms with Gasteiger partial charge in [-0.15, -0.1) is 0 Å². The van der Waals surface area contributed by atoms with Gasteiger partial charge in [0.1, 0.15) is 6.61 Å². The minimum Gasteiger partial charge on any atom is -0.457 e. The lowest BCUT2D eigenvalue weighted by Gasteiger charge is -2.30. The molecule has 0 spiro atoms.